The Hall–Kier alpha value is -1.87. The molecule has 3 aromatic rings. The number of aliphatic imine (C=N–C) groups is 1. The molecule has 0 aliphatic heterocycles. The highest BCUT2D eigenvalue weighted by Crippen LogP contribution is 2.14. The molecular weight excluding hydrogens is 463 g/mol. The molecule has 0 saturated heterocycles. The van der Waals surface area contributed by atoms with Crippen molar-refractivity contribution in [1.29, 1.82) is 0 Å². The molecule has 0 saturated carbocycles. The first-order valence-electron chi connectivity index (χ1n) is 8.32. The molecule has 6 nitrogen and oxygen atoms in total. The molecule has 0 radical (unpaired) electrons. The second-order valence-corrected chi connectivity index (χ2v) is 5.92. The predicted octanol–water partition coefficient (Wildman–Crippen LogP) is 3.30. The van der Waals surface area contributed by atoms with E-state index in [4.69, 9.17) is 11.6 Å². The number of halogens is 2. The summed E-state index contributed by atoms with van der Waals surface area (Å²) in [6.45, 7) is 4.03. The number of pyridine rings is 1. The molecule has 0 bridgehead atoms. The van der Waals surface area contributed by atoms with Crippen molar-refractivity contribution in [3.63, 3.8) is 0 Å². The Balaban J connectivity index is 0.00000243. The maximum Gasteiger partial charge on any atom is 0.191 e. The quantitative estimate of drug-likeness (QED) is 0.320. The second-order valence-electron chi connectivity index (χ2n) is 5.51. The fourth-order valence-corrected chi connectivity index (χ4v) is 2.74. The Labute approximate surface area is 175 Å². The average molecular weight is 485 g/mol. The van der Waals surface area contributed by atoms with Crippen LogP contribution >= 0.6 is 35.6 Å². The lowest BCUT2D eigenvalue weighted by Gasteiger charge is -2.11. The highest BCUT2D eigenvalue weighted by molar-refractivity contribution is 14.0. The zero-order chi connectivity index (χ0) is 17.5. The minimum absolute atomic E-state index is 0. The van der Waals surface area contributed by atoms with E-state index in [0.29, 0.717) is 6.54 Å². The maximum atomic E-state index is 6.19. The summed E-state index contributed by atoms with van der Waals surface area (Å²) in [5.41, 5.74) is 1.94. The minimum Gasteiger partial charge on any atom is -0.357 e. The monoisotopic (exact) mass is 484 g/mol. The van der Waals surface area contributed by atoms with Crippen molar-refractivity contribution in [2.45, 2.75) is 19.9 Å². The Morgan fingerprint density at radius 2 is 1.92 bits per heavy atom. The number of hydrogen-bond acceptors (Lipinski definition) is 3. The summed E-state index contributed by atoms with van der Waals surface area (Å²) in [5, 5.41) is 15.7. The Kier molecular flexibility index (Phi) is 8.11. The van der Waals surface area contributed by atoms with E-state index in [2.05, 4.69) is 25.8 Å². The van der Waals surface area contributed by atoms with Crippen LogP contribution in [0.3, 0.4) is 0 Å². The molecule has 8 heteroatoms. The van der Waals surface area contributed by atoms with Crippen molar-refractivity contribution in [3.8, 4) is 0 Å². The van der Waals surface area contributed by atoms with Crippen LogP contribution in [0.5, 0.6) is 0 Å². The van der Waals surface area contributed by atoms with E-state index in [1.54, 1.807) is 0 Å². The van der Waals surface area contributed by atoms with Crippen molar-refractivity contribution in [2.75, 3.05) is 13.1 Å². The largest absolute Gasteiger partial charge is 0.357 e. The third-order valence-corrected chi connectivity index (χ3v) is 4.12. The lowest BCUT2D eigenvalue weighted by molar-refractivity contribution is 0.787. The van der Waals surface area contributed by atoms with E-state index in [9.17, 15) is 0 Å². The van der Waals surface area contributed by atoms with Gasteiger partial charge in [-0.3, -0.25) is 4.40 Å². The number of hydrogen-bond donors (Lipinski definition) is 2. The highest BCUT2D eigenvalue weighted by atomic mass is 127. The van der Waals surface area contributed by atoms with Gasteiger partial charge in [-0.15, -0.1) is 34.2 Å². The summed E-state index contributed by atoms with van der Waals surface area (Å²) in [5.74, 6) is 1.56. The third-order valence-electron chi connectivity index (χ3n) is 3.75. The molecular formula is C18H22ClIN6. The van der Waals surface area contributed by atoms with E-state index in [-0.39, 0.29) is 24.0 Å². The molecule has 2 aromatic heterocycles. The fourth-order valence-electron chi connectivity index (χ4n) is 2.51. The number of rotatable bonds is 6. The number of nitrogens with zero attached hydrogens (tertiary/aromatic N) is 4. The summed E-state index contributed by atoms with van der Waals surface area (Å²) in [7, 11) is 0. The number of benzene rings is 1. The molecule has 0 spiro atoms. The van der Waals surface area contributed by atoms with E-state index in [0.717, 1.165) is 47.5 Å². The van der Waals surface area contributed by atoms with Crippen LogP contribution in [0.4, 0.5) is 0 Å². The standard InChI is InChI=1S/C18H21ClN6.HI/c1-2-20-18(21-11-10-14-7-3-4-8-15(14)19)22-13-17-24-23-16-9-5-6-12-25(16)17;/h3-9,12H,2,10-11,13H2,1H3,(H2,20,21,22);1H. The van der Waals surface area contributed by atoms with Gasteiger partial charge < -0.3 is 10.6 Å². The lowest BCUT2D eigenvalue weighted by atomic mass is 10.1. The van der Waals surface area contributed by atoms with Crippen LogP contribution in [0.25, 0.3) is 5.65 Å². The SMILES string of the molecule is CCNC(=NCc1nnc2ccccn12)NCCc1ccccc1Cl.I. The third kappa shape index (κ3) is 5.31. The van der Waals surface area contributed by atoms with Gasteiger partial charge in [-0.25, -0.2) is 4.99 Å². The Bertz CT molecular complexity index is 864. The fraction of sp³-hybridized carbons (Fsp3) is 0.278. The van der Waals surface area contributed by atoms with Crippen molar-refractivity contribution < 1.29 is 0 Å². The van der Waals surface area contributed by atoms with Gasteiger partial charge in [0.15, 0.2) is 17.4 Å². The molecule has 0 atom stereocenters. The molecule has 2 heterocycles. The van der Waals surface area contributed by atoms with Gasteiger partial charge in [-0.2, -0.15) is 0 Å². The summed E-state index contributed by atoms with van der Waals surface area (Å²) >= 11 is 6.19. The van der Waals surface area contributed by atoms with Gasteiger partial charge in [0, 0.05) is 24.3 Å². The van der Waals surface area contributed by atoms with Crippen LogP contribution in [0.2, 0.25) is 5.02 Å². The molecule has 138 valence electrons. The van der Waals surface area contributed by atoms with Gasteiger partial charge in [0.05, 0.1) is 0 Å². The summed E-state index contributed by atoms with van der Waals surface area (Å²) in [6.07, 6.45) is 2.77. The normalized spacial score (nSPS) is 11.2. The summed E-state index contributed by atoms with van der Waals surface area (Å²) in [6, 6.07) is 13.7. The van der Waals surface area contributed by atoms with Gasteiger partial charge in [-0.1, -0.05) is 35.9 Å². The zero-order valence-corrected chi connectivity index (χ0v) is 17.6. The number of fused-ring (bicyclic) bond motifs is 1. The summed E-state index contributed by atoms with van der Waals surface area (Å²) in [4.78, 5) is 4.60. The molecule has 3 rings (SSSR count). The Morgan fingerprint density at radius 1 is 1.12 bits per heavy atom. The van der Waals surface area contributed by atoms with E-state index < -0.39 is 0 Å². The van der Waals surface area contributed by atoms with Crippen molar-refractivity contribution >= 4 is 47.2 Å². The Morgan fingerprint density at radius 3 is 2.73 bits per heavy atom. The number of aromatic nitrogens is 3. The van der Waals surface area contributed by atoms with Crippen molar-refractivity contribution in [3.05, 3.63) is 65.1 Å². The van der Waals surface area contributed by atoms with E-state index >= 15 is 0 Å². The molecule has 1 aromatic carbocycles. The topological polar surface area (TPSA) is 66.6 Å². The molecule has 0 amide bonds. The second kappa shape index (κ2) is 10.3. The molecule has 26 heavy (non-hydrogen) atoms. The summed E-state index contributed by atoms with van der Waals surface area (Å²) < 4.78 is 1.94. The number of nitrogens with one attached hydrogen (secondary N) is 2. The van der Waals surface area contributed by atoms with Gasteiger partial charge in [-0.05, 0) is 37.1 Å². The van der Waals surface area contributed by atoms with Crippen LogP contribution in [0.1, 0.15) is 18.3 Å². The van der Waals surface area contributed by atoms with Crippen LogP contribution in [0.15, 0.2) is 53.7 Å². The first-order chi connectivity index (χ1) is 12.3. The average Bonchev–Trinajstić information content (AvgIpc) is 3.04. The van der Waals surface area contributed by atoms with Gasteiger partial charge in [0.1, 0.15) is 6.54 Å². The minimum atomic E-state index is 0. The van der Waals surface area contributed by atoms with Crippen molar-refractivity contribution in [2.24, 2.45) is 4.99 Å². The van der Waals surface area contributed by atoms with Gasteiger partial charge in [0.25, 0.3) is 0 Å². The van der Waals surface area contributed by atoms with Crippen LogP contribution < -0.4 is 10.6 Å². The van der Waals surface area contributed by atoms with Gasteiger partial charge in [0.2, 0.25) is 0 Å². The first-order valence-corrected chi connectivity index (χ1v) is 8.70. The number of guanidine groups is 1. The van der Waals surface area contributed by atoms with E-state index in [1.165, 1.54) is 0 Å². The lowest BCUT2D eigenvalue weighted by Crippen LogP contribution is -2.38. The van der Waals surface area contributed by atoms with Crippen LogP contribution in [-0.4, -0.2) is 33.6 Å². The molecule has 0 unspecified atom stereocenters. The smallest absolute Gasteiger partial charge is 0.191 e. The molecule has 0 aliphatic rings. The highest BCUT2D eigenvalue weighted by Gasteiger charge is 2.05. The van der Waals surface area contributed by atoms with Crippen LogP contribution in [-0.2, 0) is 13.0 Å². The predicted molar refractivity (Wildman–Crippen MR) is 116 cm³/mol. The first kappa shape index (κ1) is 20.4. The van der Waals surface area contributed by atoms with Crippen LogP contribution in [0, 0.1) is 0 Å². The molecule has 2 N–H and O–H groups in total. The zero-order valence-electron chi connectivity index (χ0n) is 14.5. The van der Waals surface area contributed by atoms with Crippen molar-refractivity contribution in [1.82, 2.24) is 25.2 Å². The molecule has 0 fully saturated rings. The van der Waals surface area contributed by atoms with Gasteiger partial charge >= 0.3 is 0 Å². The molecule has 0 aliphatic carbocycles. The van der Waals surface area contributed by atoms with E-state index in [1.807, 2.05) is 60.0 Å². The maximum absolute atomic E-state index is 6.19.